The van der Waals surface area contributed by atoms with E-state index in [0.29, 0.717) is 6.42 Å². The van der Waals surface area contributed by atoms with E-state index in [1.165, 1.54) is 12.3 Å². The van der Waals surface area contributed by atoms with Crippen molar-refractivity contribution in [3.8, 4) is 0 Å². The largest absolute Gasteiger partial charge is 0.324 e. The van der Waals surface area contributed by atoms with Gasteiger partial charge >= 0.3 is 0 Å². The Kier molecular flexibility index (Phi) is 5.00. The molecule has 1 atom stereocenters. The van der Waals surface area contributed by atoms with Crippen LogP contribution in [0.4, 0.5) is 4.39 Å². The second-order valence-electron chi connectivity index (χ2n) is 4.49. The van der Waals surface area contributed by atoms with Gasteiger partial charge in [0.2, 0.25) is 5.03 Å². The third-order valence-corrected chi connectivity index (χ3v) is 4.35. The van der Waals surface area contributed by atoms with Crippen LogP contribution in [0, 0.1) is 5.82 Å². The first-order chi connectivity index (χ1) is 10.0. The second kappa shape index (κ2) is 6.75. The lowest BCUT2D eigenvalue weighted by molar-refractivity contribution is 0.539. The van der Waals surface area contributed by atoms with Gasteiger partial charge in [-0.05, 0) is 24.1 Å². The molecule has 1 unspecified atom stereocenters. The van der Waals surface area contributed by atoms with Crippen molar-refractivity contribution in [3.63, 3.8) is 0 Å². The van der Waals surface area contributed by atoms with Crippen LogP contribution >= 0.6 is 0 Å². The normalized spacial score (nSPS) is 13.0. The minimum Gasteiger partial charge on any atom is -0.324 e. The highest BCUT2D eigenvalue weighted by atomic mass is 32.2. The van der Waals surface area contributed by atoms with Crippen LogP contribution < -0.4 is 10.5 Å². The zero-order chi connectivity index (χ0) is 15.3. The molecule has 0 aliphatic heterocycles. The number of aromatic nitrogens is 1. The summed E-state index contributed by atoms with van der Waals surface area (Å²) < 4.78 is 39.6. The fourth-order valence-electron chi connectivity index (χ4n) is 1.85. The topological polar surface area (TPSA) is 85.1 Å². The maximum Gasteiger partial charge on any atom is 0.261 e. The number of hydrogen-bond acceptors (Lipinski definition) is 4. The number of nitrogens with one attached hydrogen (secondary N) is 1. The molecule has 0 radical (unpaired) electrons. The Morgan fingerprint density at radius 2 is 1.90 bits per heavy atom. The first-order valence-corrected chi connectivity index (χ1v) is 7.90. The molecule has 0 spiro atoms. The van der Waals surface area contributed by atoms with Crippen molar-refractivity contribution in [3.05, 3.63) is 60.0 Å². The van der Waals surface area contributed by atoms with Crippen LogP contribution in [0.25, 0.3) is 0 Å². The van der Waals surface area contributed by atoms with Crippen LogP contribution in [0.1, 0.15) is 18.0 Å². The number of nitrogens with two attached hydrogens (primary N) is 1. The summed E-state index contributed by atoms with van der Waals surface area (Å²) in [5, 5.41) is -0.599. The molecular weight excluding hydrogens is 293 g/mol. The van der Waals surface area contributed by atoms with E-state index >= 15 is 0 Å². The summed E-state index contributed by atoms with van der Waals surface area (Å²) in [6.07, 6.45) is 1.63. The van der Waals surface area contributed by atoms with Crippen LogP contribution in [0.15, 0.2) is 53.7 Å². The smallest absolute Gasteiger partial charge is 0.261 e. The molecule has 112 valence electrons. The van der Waals surface area contributed by atoms with Gasteiger partial charge in [0, 0.05) is 18.8 Å². The monoisotopic (exact) mass is 309 g/mol. The van der Waals surface area contributed by atoms with E-state index < -0.39 is 20.9 Å². The first-order valence-electron chi connectivity index (χ1n) is 6.41. The molecule has 5 nitrogen and oxygen atoms in total. The Labute approximate surface area is 123 Å². The molecule has 0 saturated carbocycles. The van der Waals surface area contributed by atoms with E-state index in [1.54, 1.807) is 0 Å². The van der Waals surface area contributed by atoms with Gasteiger partial charge in [-0.3, -0.25) is 0 Å². The number of sulfonamides is 1. The fraction of sp³-hybridized carbons (Fsp3) is 0.214. The molecule has 7 heteroatoms. The zero-order valence-corrected chi connectivity index (χ0v) is 12.1. The predicted molar refractivity (Wildman–Crippen MR) is 77.4 cm³/mol. The van der Waals surface area contributed by atoms with Crippen LogP contribution in [0.2, 0.25) is 0 Å². The van der Waals surface area contributed by atoms with Crippen molar-refractivity contribution in [2.75, 3.05) is 6.54 Å². The van der Waals surface area contributed by atoms with Crippen molar-refractivity contribution in [1.29, 1.82) is 0 Å². The molecule has 2 aromatic rings. The van der Waals surface area contributed by atoms with E-state index in [2.05, 4.69) is 9.71 Å². The number of pyridine rings is 1. The average Bonchev–Trinajstić information content (AvgIpc) is 2.48. The summed E-state index contributed by atoms with van der Waals surface area (Å²) in [7, 11) is -3.96. The summed E-state index contributed by atoms with van der Waals surface area (Å²) in [6.45, 7) is 0.106. The Hall–Kier alpha value is -1.83. The molecule has 0 aliphatic carbocycles. The van der Waals surface area contributed by atoms with Gasteiger partial charge < -0.3 is 5.73 Å². The molecule has 21 heavy (non-hydrogen) atoms. The van der Waals surface area contributed by atoms with Crippen molar-refractivity contribution in [1.82, 2.24) is 9.71 Å². The molecule has 0 saturated heterocycles. The number of rotatable bonds is 6. The average molecular weight is 309 g/mol. The van der Waals surface area contributed by atoms with Gasteiger partial charge in [-0.2, -0.15) is 0 Å². The summed E-state index contributed by atoms with van der Waals surface area (Å²) in [4.78, 5) is 3.55. The molecular formula is C14H16FN3O2S. The van der Waals surface area contributed by atoms with E-state index in [-0.39, 0.29) is 12.6 Å². The third kappa shape index (κ3) is 4.07. The minimum absolute atomic E-state index is 0.106. The van der Waals surface area contributed by atoms with Gasteiger partial charge in [0.05, 0.1) is 0 Å². The van der Waals surface area contributed by atoms with Crippen LogP contribution in [0.5, 0.6) is 0 Å². The molecule has 0 amide bonds. The molecule has 1 aromatic heterocycles. The Balaban J connectivity index is 1.96. The number of benzene rings is 1. The van der Waals surface area contributed by atoms with Gasteiger partial charge in [-0.15, -0.1) is 0 Å². The van der Waals surface area contributed by atoms with Gasteiger partial charge in [0.1, 0.15) is 0 Å². The van der Waals surface area contributed by atoms with Crippen molar-refractivity contribution < 1.29 is 12.8 Å². The van der Waals surface area contributed by atoms with Crippen molar-refractivity contribution >= 4 is 10.0 Å². The van der Waals surface area contributed by atoms with Crippen LogP contribution in [-0.2, 0) is 10.0 Å². The maximum atomic E-state index is 13.4. The lowest BCUT2D eigenvalue weighted by Crippen LogP contribution is -2.28. The van der Waals surface area contributed by atoms with Crippen LogP contribution in [-0.4, -0.2) is 19.9 Å². The lowest BCUT2D eigenvalue weighted by atomic mass is 10.1. The molecule has 2 rings (SSSR count). The van der Waals surface area contributed by atoms with E-state index in [4.69, 9.17) is 5.73 Å². The zero-order valence-electron chi connectivity index (χ0n) is 11.2. The van der Waals surface area contributed by atoms with E-state index in [9.17, 15) is 12.8 Å². The van der Waals surface area contributed by atoms with E-state index in [1.807, 2.05) is 30.3 Å². The standard InChI is InChI=1S/C14H16FN3O2S/c15-12-7-4-9-17-14(12)21(19,20)18-10-8-13(16)11-5-2-1-3-6-11/h1-7,9,13,18H,8,10,16H2. The SMILES string of the molecule is NC(CCNS(=O)(=O)c1ncccc1F)c1ccccc1. The first kappa shape index (κ1) is 15.6. The van der Waals surface area contributed by atoms with Crippen molar-refractivity contribution in [2.24, 2.45) is 5.73 Å². The molecule has 0 aliphatic rings. The lowest BCUT2D eigenvalue weighted by Gasteiger charge is -2.12. The van der Waals surface area contributed by atoms with Gasteiger partial charge in [-0.25, -0.2) is 22.5 Å². The number of hydrogen-bond donors (Lipinski definition) is 2. The highest BCUT2D eigenvalue weighted by Crippen LogP contribution is 2.14. The van der Waals surface area contributed by atoms with Gasteiger partial charge in [0.15, 0.2) is 5.82 Å². The maximum absolute atomic E-state index is 13.4. The quantitative estimate of drug-likeness (QED) is 0.848. The summed E-state index contributed by atoms with van der Waals surface area (Å²) in [5.74, 6) is -0.877. The predicted octanol–water partition coefficient (Wildman–Crippen LogP) is 1.59. The molecule has 1 aromatic carbocycles. The highest BCUT2D eigenvalue weighted by Gasteiger charge is 2.20. The van der Waals surface area contributed by atoms with Crippen molar-refractivity contribution in [2.45, 2.75) is 17.5 Å². The molecule has 3 N–H and O–H groups in total. The van der Waals surface area contributed by atoms with E-state index in [0.717, 1.165) is 11.6 Å². The summed E-state index contributed by atoms with van der Waals surface area (Å²) in [5.41, 5.74) is 6.89. The van der Waals surface area contributed by atoms with Crippen LogP contribution in [0.3, 0.4) is 0 Å². The second-order valence-corrected chi connectivity index (χ2v) is 6.18. The fourth-order valence-corrected chi connectivity index (χ4v) is 2.90. The third-order valence-electron chi connectivity index (χ3n) is 2.95. The molecule has 0 fully saturated rings. The number of halogens is 1. The number of nitrogens with zero attached hydrogens (tertiary/aromatic N) is 1. The minimum atomic E-state index is -3.96. The Bertz CT molecular complexity index is 692. The Morgan fingerprint density at radius 1 is 1.19 bits per heavy atom. The summed E-state index contributed by atoms with van der Waals surface area (Å²) >= 11 is 0. The van der Waals surface area contributed by atoms with Gasteiger partial charge in [0.25, 0.3) is 10.0 Å². The highest BCUT2D eigenvalue weighted by molar-refractivity contribution is 7.89. The Morgan fingerprint density at radius 3 is 2.57 bits per heavy atom. The van der Waals surface area contributed by atoms with Gasteiger partial charge in [-0.1, -0.05) is 30.3 Å². The molecule has 1 heterocycles. The molecule has 0 bridgehead atoms. The summed E-state index contributed by atoms with van der Waals surface area (Å²) in [6, 6.07) is 11.4.